The topological polar surface area (TPSA) is 47.3 Å². The van der Waals surface area contributed by atoms with Crippen LogP contribution in [0, 0.1) is 5.82 Å². The number of nitrogens with one attached hydrogen (secondary N) is 1. The van der Waals surface area contributed by atoms with Gasteiger partial charge in [0.15, 0.2) is 0 Å². The van der Waals surface area contributed by atoms with Crippen LogP contribution in [0.15, 0.2) is 18.2 Å². The summed E-state index contributed by atoms with van der Waals surface area (Å²) >= 11 is 0. The third kappa shape index (κ3) is 3.33. The largest absolute Gasteiger partial charge is 0.399 e. The van der Waals surface area contributed by atoms with E-state index in [4.69, 9.17) is 10.5 Å². The average molecular weight is 238 g/mol. The Morgan fingerprint density at radius 2 is 2.18 bits per heavy atom. The molecule has 0 amide bonds. The molecule has 0 aromatic heterocycles. The summed E-state index contributed by atoms with van der Waals surface area (Å²) in [6.45, 7) is 4.87. The van der Waals surface area contributed by atoms with Crippen LogP contribution in [0.5, 0.6) is 0 Å². The van der Waals surface area contributed by atoms with E-state index in [1.165, 1.54) is 12.1 Å². The molecule has 3 N–H and O–H groups in total. The fourth-order valence-corrected chi connectivity index (χ4v) is 2.29. The second kappa shape index (κ2) is 4.53. The summed E-state index contributed by atoms with van der Waals surface area (Å²) in [6, 6.07) is 4.85. The molecular weight excluding hydrogens is 219 g/mol. The molecule has 1 fully saturated rings. The van der Waals surface area contributed by atoms with E-state index >= 15 is 0 Å². The maximum Gasteiger partial charge on any atom is 0.127 e. The SMILES string of the molecule is CC1(C)CC(Nc2cc(N)cc(F)c2)CCO1. The Morgan fingerprint density at radius 1 is 1.41 bits per heavy atom. The van der Waals surface area contributed by atoms with Gasteiger partial charge in [0.1, 0.15) is 5.82 Å². The minimum Gasteiger partial charge on any atom is -0.399 e. The van der Waals surface area contributed by atoms with Crippen molar-refractivity contribution in [2.45, 2.75) is 38.3 Å². The first-order valence-electron chi connectivity index (χ1n) is 5.91. The molecule has 17 heavy (non-hydrogen) atoms. The van der Waals surface area contributed by atoms with Gasteiger partial charge in [-0.1, -0.05) is 0 Å². The van der Waals surface area contributed by atoms with Crippen LogP contribution in [0.25, 0.3) is 0 Å². The van der Waals surface area contributed by atoms with E-state index in [1.807, 2.05) is 0 Å². The van der Waals surface area contributed by atoms with Crippen molar-refractivity contribution in [3.8, 4) is 0 Å². The minimum atomic E-state index is -0.307. The van der Waals surface area contributed by atoms with Crippen LogP contribution >= 0.6 is 0 Å². The maximum absolute atomic E-state index is 13.2. The maximum atomic E-state index is 13.2. The number of hydrogen-bond donors (Lipinski definition) is 2. The lowest BCUT2D eigenvalue weighted by molar-refractivity contribution is -0.0553. The van der Waals surface area contributed by atoms with Crippen LogP contribution in [-0.2, 0) is 4.74 Å². The van der Waals surface area contributed by atoms with Gasteiger partial charge in [0, 0.05) is 24.0 Å². The Balaban J connectivity index is 2.05. The monoisotopic (exact) mass is 238 g/mol. The number of rotatable bonds is 2. The molecule has 1 heterocycles. The van der Waals surface area contributed by atoms with Crippen LogP contribution in [0.1, 0.15) is 26.7 Å². The van der Waals surface area contributed by atoms with Crippen LogP contribution in [-0.4, -0.2) is 18.2 Å². The lowest BCUT2D eigenvalue weighted by atomic mass is 9.94. The molecule has 1 aromatic carbocycles. The van der Waals surface area contributed by atoms with Gasteiger partial charge >= 0.3 is 0 Å². The van der Waals surface area contributed by atoms with Gasteiger partial charge in [0.25, 0.3) is 0 Å². The van der Waals surface area contributed by atoms with Crippen molar-refractivity contribution in [3.05, 3.63) is 24.0 Å². The number of halogens is 1. The van der Waals surface area contributed by atoms with E-state index in [0.29, 0.717) is 11.7 Å². The van der Waals surface area contributed by atoms with Gasteiger partial charge in [-0.25, -0.2) is 4.39 Å². The van der Waals surface area contributed by atoms with E-state index in [1.54, 1.807) is 6.07 Å². The molecule has 0 saturated carbocycles. The molecule has 0 spiro atoms. The Kier molecular flexibility index (Phi) is 3.24. The zero-order chi connectivity index (χ0) is 12.5. The van der Waals surface area contributed by atoms with Crippen LogP contribution in [0.2, 0.25) is 0 Å². The fraction of sp³-hybridized carbons (Fsp3) is 0.538. The molecule has 1 saturated heterocycles. The lowest BCUT2D eigenvalue weighted by Crippen LogP contribution is -2.40. The number of anilines is 2. The van der Waals surface area contributed by atoms with Crippen molar-refractivity contribution in [2.75, 3.05) is 17.7 Å². The van der Waals surface area contributed by atoms with Crippen LogP contribution < -0.4 is 11.1 Å². The molecule has 2 rings (SSSR count). The number of nitrogens with two attached hydrogens (primary N) is 1. The molecule has 0 aliphatic carbocycles. The highest BCUT2D eigenvalue weighted by molar-refractivity contribution is 5.55. The zero-order valence-electron chi connectivity index (χ0n) is 10.3. The molecule has 1 unspecified atom stereocenters. The Labute approximate surface area is 101 Å². The van der Waals surface area contributed by atoms with Crippen molar-refractivity contribution >= 4 is 11.4 Å². The highest BCUT2D eigenvalue weighted by Crippen LogP contribution is 2.27. The second-order valence-corrected chi connectivity index (χ2v) is 5.22. The van der Waals surface area contributed by atoms with Gasteiger partial charge in [-0.05, 0) is 44.9 Å². The van der Waals surface area contributed by atoms with Gasteiger partial charge in [-0.15, -0.1) is 0 Å². The van der Waals surface area contributed by atoms with E-state index in [-0.39, 0.29) is 11.4 Å². The zero-order valence-corrected chi connectivity index (χ0v) is 10.3. The summed E-state index contributed by atoms with van der Waals surface area (Å²) in [4.78, 5) is 0. The summed E-state index contributed by atoms with van der Waals surface area (Å²) in [5.41, 5.74) is 6.68. The molecule has 1 aliphatic rings. The van der Waals surface area contributed by atoms with Crippen molar-refractivity contribution < 1.29 is 9.13 Å². The number of ether oxygens (including phenoxy) is 1. The third-order valence-corrected chi connectivity index (χ3v) is 2.99. The Morgan fingerprint density at radius 3 is 2.82 bits per heavy atom. The Hall–Kier alpha value is -1.29. The smallest absolute Gasteiger partial charge is 0.127 e. The molecule has 94 valence electrons. The van der Waals surface area contributed by atoms with Gasteiger partial charge in [0.2, 0.25) is 0 Å². The fourth-order valence-electron chi connectivity index (χ4n) is 2.29. The molecule has 0 bridgehead atoms. The first-order valence-corrected chi connectivity index (χ1v) is 5.91. The number of hydrogen-bond acceptors (Lipinski definition) is 3. The van der Waals surface area contributed by atoms with Crippen molar-refractivity contribution in [3.63, 3.8) is 0 Å². The van der Waals surface area contributed by atoms with Gasteiger partial charge in [-0.3, -0.25) is 0 Å². The van der Waals surface area contributed by atoms with Crippen molar-refractivity contribution in [1.82, 2.24) is 0 Å². The van der Waals surface area contributed by atoms with E-state index in [0.717, 1.165) is 25.1 Å². The molecular formula is C13H19FN2O. The predicted octanol–water partition coefficient (Wildman–Crippen LogP) is 2.78. The summed E-state index contributed by atoms with van der Waals surface area (Å²) in [5.74, 6) is -0.307. The first-order chi connectivity index (χ1) is 7.94. The summed E-state index contributed by atoms with van der Waals surface area (Å²) in [7, 11) is 0. The van der Waals surface area contributed by atoms with E-state index < -0.39 is 0 Å². The van der Waals surface area contributed by atoms with E-state index in [2.05, 4.69) is 19.2 Å². The summed E-state index contributed by atoms with van der Waals surface area (Å²) in [6.07, 6.45) is 1.84. The molecule has 1 atom stereocenters. The number of nitrogen functional groups attached to an aromatic ring is 1. The molecule has 0 radical (unpaired) electrons. The molecule has 1 aromatic rings. The van der Waals surface area contributed by atoms with Crippen LogP contribution in [0.3, 0.4) is 0 Å². The summed E-state index contributed by atoms with van der Waals surface area (Å²) in [5, 5.41) is 3.32. The highest BCUT2D eigenvalue weighted by atomic mass is 19.1. The second-order valence-electron chi connectivity index (χ2n) is 5.22. The molecule has 1 aliphatic heterocycles. The van der Waals surface area contributed by atoms with Gasteiger partial charge < -0.3 is 15.8 Å². The number of benzene rings is 1. The standard InChI is InChI=1S/C13H19FN2O/c1-13(2)8-11(3-4-17-13)16-12-6-9(14)5-10(15)7-12/h5-7,11,16H,3-4,8,15H2,1-2H3. The lowest BCUT2D eigenvalue weighted by Gasteiger charge is -2.36. The molecule has 3 nitrogen and oxygen atoms in total. The Bertz CT molecular complexity index is 386. The average Bonchev–Trinajstić information content (AvgIpc) is 2.13. The summed E-state index contributed by atoms with van der Waals surface area (Å²) < 4.78 is 18.8. The van der Waals surface area contributed by atoms with Crippen molar-refractivity contribution in [1.29, 1.82) is 0 Å². The van der Waals surface area contributed by atoms with Crippen LogP contribution in [0.4, 0.5) is 15.8 Å². The minimum absolute atomic E-state index is 0.116. The van der Waals surface area contributed by atoms with Gasteiger partial charge in [0.05, 0.1) is 5.60 Å². The normalized spacial score (nSPS) is 23.4. The quantitative estimate of drug-likeness (QED) is 0.779. The van der Waals surface area contributed by atoms with Crippen molar-refractivity contribution in [2.24, 2.45) is 0 Å². The first kappa shape index (κ1) is 12.2. The third-order valence-electron chi connectivity index (χ3n) is 2.99. The molecule has 4 heteroatoms. The predicted molar refractivity (Wildman–Crippen MR) is 67.5 cm³/mol. The van der Waals surface area contributed by atoms with E-state index in [9.17, 15) is 4.39 Å². The van der Waals surface area contributed by atoms with Gasteiger partial charge in [-0.2, -0.15) is 0 Å². The highest BCUT2D eigenvalue weighted by Gasteiger charge is 2.28.